The number of nitrogens with zero attached hydrogens (tertiary/aromatic N) is 1. The molecule has 0 amide bonds. The molecule has 0 N–H and O–H groups in total. The summed E-state index contributed by atoms with van der Waals surface area (Å²) >= 11 is 0. The Morgan fingerprint density at radius 1 is 1.00 bits per heavy atom. The zero-order valence-electron chi connectivity index (χ0n) is 18.2. The van der Waals surface area contributed by atoms with E-state index in [1.807, 2.05) is 30.3 Å². The van der Waals surface area contributed by atoms with E-state index in [-0.39, 0.29) is 5.97 Å². The lowest BCUT2D eigenvalue weighted by Crippen LogP contribution is -2.09. The molecule has 0 bridgehead atoms. The molecule has 158 valence electrons. The molecule has 0 spiro atoms. The molecule has 1 atom stereocenters. The Balaban J connectivity index is 2.02. The topological polar surface area (TPSA) is 48.4 Å². The van der Waals surface area contributed by atoms with Crippen LogP contribution in [0.25, 0.3) is 11.1 Å². The summed E-state index contributed by atoms with van der Waals surface area (Å²) in [5.41, 5.74) is 1.75. The fourth-order valence-corrected chi connectivity index (χ4v) is 3.17. The van der Waals surface area contributed by atoms with Crippen molar-refractivity contribution < 1.29 is 14.3 Å². The number of hydrogen-bond acceptors (Lipinski definition) is 4. The predicted octanol–water partition coefficient (Wildman–Crippen LogP) is 6.83. The van der Waals surface area contributed by atoms with E-state index in [1.165, 1.54) is 6.42 Å². The predicted molar refractivity (Wildman–Crippen MR) is 118 cm³/mol. The van der Waals surface area contributed by atoms with Gasteiger partial charge in [0.1, 0.15) is 11.5 Å². The fraction of sp³-hybridized carbons (Fsp3) is 0.520. The van der Waals surface area contributed by atoms with Gasteiger partial charge in [-0.15, -0.1) is 0 Å². The number of carbonyl (C=O) groups excluding carboxylic acids is 1. The maximum Gasteiger partial charge on any atom is 0.311 e. The van der Waals surface area contributed by atoms with Crippen molar-refractivity contribution in [2.24, 2.45) is 5.92 Å². The number of carbonyl (C=O) groups is 1. The van der Waals surface area contributed by atoms with Crippen molar-refractivity contribution in [2.75, 3.05) is 6.61 Å². The monoisotopic (exact) mass is 397 g/mol. The van der Waals surface area contributed by atoms with Crippen LogP contribution in [0.3, 0.4) is 0 Å². The van der Waals surface area contributed by atoms with Crippen LogP contribution < -0.4 is 9.47 Å². The molecule has 2 rings (SSSR count). The van der Waals surface area contributed by atoms with Gasteiger partial charge in [0.25, 0.3) is 0 Å². The first-order valence-corrected chi connectivity index (χ1v) is 11.0. The number of hydrogen-bond donors (Lipinski definition) is 0. The molecule has 0 aliphatic rings. The fourth-order valence-electron chi connectivity index (χ4n) is 3.17. The SMILES string of the molecule is CCCCCOc1cnccc1-c1ccccc1OC(=O)CCCCC(C)CC. The molecule has 1 aromatic heterocycles. The molecular formula is C25H35NO3. The second-order valence-electron chi connectivity index (χ2n) is 7.66. The van der Waals surface area contributed by atoms with Gasteiger partial charge in [-0.2, -0.15) is 0 Å². The third-order valence-electron chi connectivity index (χ3n) is 5.22. The molecule has 2 aromatic rings. The lowest BCUT2D eigenvalue weighted by molar-refractivity contribution is -0.134. The van der Waals surface area contributed by atoms with Crippen molar-refractivity contribution in [3.63, 3.8) is 0 Å². The summed E-state index contributed by atoms with van der Waals surface area (Å²) in [7, 11) is 0. The highest BCUT2D eigenvalue weighted by Crippen LogP contribution is 2.36. The maximum atomic E-state index is 12.4. The molecule has 0 saturated heterocycles. The van der Waals surface area contributed by atoms with Gasteiger partial charge in [0.15, 0.2) is 0 Å². The van der Waals surface area contributed by atoms with Gasteiger partial charge in [-0.1, -0.05) is 71.1 Å². The number of rotatable bonds is 13. The van der Waals surface area contributed by atoms with Gasteiger partial charge in [0.05, 0.1) is 12.8 Å². The number of esters is 1. The minimum Gasteiger partial charge on any atom is -0.491 e. The second kappa shape index (κ2) is 13.0. The normalized spacial score (nSPS) is 11.8. The summed E-state index contributed by atoms with van der Waals surface area (Å²) in [6.07, 6.45) is 11.5. The van der Waals surface area contributed by atoms with Crippen LogP contribution in [0.1, 0.15) is 72.1 Å². The maximum absolute atomic E-state index is 12.4. The van der Waals surface area contributed by atoms with Crippen molar-refractivity contribution in [2.45, 2.75) is 72.1 Å². The van der Waals surface area contributed by atoms with E-state index < -0.39 is 0 Å². The van der Waals surface area contributed by atoms with Gasteiger partial charge in [-0.3, -0.25) is 9.78 Å². The molecule has 0 radical (unpaired) electrons. The first-order valence-electron chi connectivity index (χ1n) is 11.0. The molecule has 4 nitrogen and oxygen atoms in total. The van der Waals surface area contributed by atoms with E-state index in [9.17, 15) is 4.79 Å². The Morgan fingerprint density at radius 3 is 2.59 bits per heavy atom. The molecule has 0 saturated carbocycles. The van der Waals surface area contributed by atoms with Crippen molar-refractivity contribution in [3.05, 3.63) is 42.7 Å². The first kappa shape index (κ1) is 22.9. The Bertz CT molecular complexity index is 744. The molecule has 29 heavy (non-hydrogen) atoms. The number of ether oxygens (including phenoxy) is 2. The summed E-state index contributed by atoms with van der Waals surface area (Å²) in [5.74, 6) is 1.83. The van der Waals surface area contributed by atoms with Crippen LogP contribution in [0.4, 0.5) is 0 Å². The highest BCUT2D eigenvalue weighted by Gasteiger charge is 2.14. The molecule has 0 fully saturated rings. The summed E-state index contributed by atoms with van der Waals surface area (Å²) in [6, 6.07) is 9.54. The molecule has 1 unspecified atom stereocenters. The minimum atomic E-state index is -0.180. The summed E-state index contributed by atoms with van der Waals surface area (Å²) in [4.78, 5) is 16.6. The van der Waals surface area contributed by atoms with Gasteiger partial charge in [0.2, 0.25) is 0 Å². The van der Waals surface area contributed by atoms with Crippen LogP contribution in [-0.2, 0) is 4.79 Å². The zero-order chi connectivity index (χ0) is 20.9. The highest BCUT2D eigenvalue weighted by molar-refractivity contribution is 5.80. The lowest BCUT2D eigenvalue weighted by Gasteiger charge is -2.14. The van der Waals surface area contributed by atoms with E-state index in [1.54, 1.807) is 12.4 Å². The Morgan fingerprint density at radius 2 is 1.79 bits per heavy atom. The molecule has 1 aromatic carbocycles. The highest BCUT2D eigenvalue weighted by atomic mass is 16.5. The summed E-state index contributed by atoms with van der Waals surface area (Å²) < 4.78 is 11.7. The third kappa shape index (κ3) is 7.88. The van der Waals surface area contributed by atoms with Gasteiger partial charge < -0.3 is 9.47 Å². The molecule has 4 heteroatoms. The minimum absolute atomic E-state index is 0.180. The molecule has 0 aliphatic heterocycles. The molecule has 0 aliphatic carbocycles. The van der Waals surface area contributed by atoms with E-state index in [0.717, 1.165) is 55.4 Å². The Kier molecular flexibility index (Phi) is 10.3. The van der Waals surface area contributed by atoms with E-state index in [4.69, 9.17) is 9.47 Å². The van der Waals surface area contributed by atoms with E-state index in [2.05, 4.69) is 25.8 Å². The molecular weight excluding hydrogens is 362 g/mol. The average molecular weight is 398 g/mol. The van der Waals surface area contributed by atoms with Crippen molar-refractivity contribution in [1.82, 2.24) is 4.98 Å². The number of unbranched alkanes of at least 4 members (excludes halogenated alkanes) is 3. The zero-order valence-corrected chi connectivity index (χ0v) is 18.2. The Labute approximate surface area is 175 Å². The van der Waals surface area contributed by atoms with Crippen LogP contribution in [0.2, 0.25) is 0 Å². The number of pyridine rings is 1. The number of aromatic nitrogens is 1. The van der Waals surface area contributed by atoms with Gasteiger partial charge >= 0.3 is 5.97 Å². The second-order valence-corrected chi connectivity index (χ2v) is 7.66. The van der Waals surface area contributed by atoms with Crippen molar-refractivity contribution in [3.8, 4) is 22.6 Å². The van der Waals surface area contributed by atoms with Crippen LogP contribution in [0.5, 0.6) is 11.5 Å². The Hall–Kier alpha value is -2.36. The van der Waals surface area contributed by atoms with Crippen molar-refractivity contribution in [1.29, 1.82) is 0 Å². The first-order chi connectivity index (χ1) is 14.2. The standard InChI is InChI=1S/C25H35NO3/c1-4-6-11-18-28-24-19-26-17-16-22(24)21-13-8-9-14-23(21)29-25(27)15-10-7-12-20(3)5-2/h8-9,13-14,16-17,19-20H,4-7,10-12,15,18H2,1-3H3. The van der Waals surface area contributed by atoms with E-state index in [0.29, 0.717) is 24.7 Å². The van der Waals surface area contributed by atoms with Crippen LogP contribution in [0, 0.1) is 5.92 Å². The quantitative estimate of drug-likeness (QED) is 0.211. The third-order valence-corrected chi connectivity index (χ3v) is 5.22. The summed E-state index contributed by atoms with van der Waals surface area (Å²) in [6.45, 7) is 7.29. The van der Waals surface area contributed by atoms with Gasteiger partial charge in [-0.25, -0.2) is 0 Å². The van der Waals surface area contributed by atoms with Crippen LogP contribution >= 0.6 is 0 Å². The average Bonchev–Trinajstić information content (AvgIpc) is 2.75. The van der Waals surface area contributed by atoms with Crippen LogP contribution in [-0.4, -0.2) is 17.6 Å². The van der Waals surface area contributed by atoms with Crippen LogP contribution in [0.15, 0.2) is 42.7 Å². The van der Waals surface area contributed by atoms with Gasteiger partial charge in [-0.05, 0) is 30.9 Å². The van der Waals surface area contributed by atoms with Crippen molar-refractivity contribution >= 4 is 5.97 Å². The molecule has 1 heterocycles. The largest absolute Gasteiger partial charge is 0.491 e. The number of para-hydroxylation sites is 1. The smallest absolute Gasteiger partial charge is 0.311 e. The van der Waals surface area contributed by atoms with E-state index >= 15 is 0 Å². The lowest BCUT2D eigenvalue weighted by atomic mass is 10.0. The number of benzene rings is 1. The summed E-state index contributed by atoms with van der Waals surface area (Å²) in [5, 5.41) is 0. The van der Waals surface area contributed by atoms with Gasteiger partial charge in [0, 0.05) is 23.7 Å².